The molecule has 1 atom stereocenters. The lowest BCUT2D eigenvalue weighted by atomic mass is 10.2. The highest BCUT2D eigenvalue weighted by Gasteiger charge is 2.34. The molecule has 0 radical (unpaired) electrons. The molecule has 0 aromatic carbocycles. The maximum absolute atomic E-state index is 12.0. The van der Waals surface area contributed by atoms with Crippen molar-refractivity contribution in [2.24, 2.45) is 0 Å². The fraction of sp³-hybridized carbons (Fsp3) is 0.800. The lowest BCUT2D eigenvalue weighted by Gasteiger charge is -2.25. The zero-order valence-electron chi connectivity index (χ0n) is 9.19. The number of amides is 2. The van der Waals surface area contributed by atoms with E-state index in [1.165, 1.54) is 6.92 Å². The van der Waals surface area contributed by atoms with Crippen LogP contribution < -0.4 is 5.32 Å². The van der Waals surface area contributed by atoms with Crippen molar-refractivity contribution >= 4 is 24.4 Å². The second-order valence-electron chi connectivity index (χ2n) is 3.79. The SMILES string of the molecule is CCN(C(=O)C(CS)NC(C)=O)C1CC1. The molecule has 86 valence electrons. The molecule has 4 nitrogen and oxygen atoms in total. The van der Waals surface area contributed by atoms with E-state index in [-0.39, 0.29) is 11.8 Å². The molecule has 1 fully saturated rings. The molecule has 1 aliphatic rings. The Bertz CT molecular complexity index is 254. The minimum absolute atomic E-state index is 0.00907. The molecule has 1 aliphatic carbocycles. The van der Waals surface area contributed by atoms with E-state index in [0.29, 0.717) is 18.3 Å². The molecule has 15 heavy (non-hydrogen) atoms. The van der Waals surface area contributed by atoms with Crippen LogP contribution >= 0.6 is 12.6 Å². The topological polar surface area (TPSA) is 49.4 Å². The van der Waals surface area contributed by atoms with Gasteiger partial charge in [-0.15, -0.1) is 0 Å². The summed E-state index contributed by atoms with van der Waals surface area (Å²) in [6.45, 7) is 4.07. The van der Waals surface area contributed by atoms with E-state index in [1.54, 1.807) is 0 Å². The molecule has 5 heteroatoms. The Morgan fingerprint density at radius 1 is 1.53 bits per heavy atom. The van der Waals surface area contributed by atoms with Gasteiger partial charge >= 0.3 is 0 Å². The number of carbonyl (C=O) groups is 2. The molecule has 0 saturated heterocycles. The first kappa shape index (κ1) is 12.4. The molecule has 1 saturated carbocycles. The van der Waals surface area contributed by atoms with Gasteiger partial charge in [0, 0.05) is 25.3 Å². The number of nitrogens with zero attached hydrogens (tertiary/aromatic N) is 1. The summed E-state index contributed by atoms with van der Waals surface area (Å²) in [7, 11) is 0. The second-order valence-corrected chi connectivity index (χ2v) is 4.16. The molecule has 2 amide bonds. The van der Waals surface area contributed by atoms with E-state index in [2.05, 4.69) is 17.9 Å². The zero-order chi connectivity index (χ0) is 11.4. The van der Waals surface area contributed by atoms with E-state index in [4.69, 9.17) is 0 Å². The molecular formula is C10H18N2O2S. The normalized spacial score (nSPS) is 17.0. The van der Waals surface area contributed by atoms with E-state index in [9.17, 15) is 9.59 Å². The predicted octanol–water partition coefficient (Wildman–Crippen LogP) is 0.432. The van der Waals surface area contributed by atoms with Crippen molar-refractivity contribution in [3.05, 3.63) is 0 Å². The van der Waals surface area contributed by atoms with Crippen LogP contribution in [-0.2, 0) is 9.59 Å². The van der Waals surface area contributed by atoms with Gasteiger partial charge in [0.05, 0.1) is 0 Å². The lowest BCUT2D eigenvalue weighted by Crippen LogP contribution is -2.49. The molecule has 1 unspecified atom stereocenters. The summed E-state index contributed by atoms with van der Waals surface area (Å²) in [4.78, 5) is 24.7. The van der Waals surface area contributed by atoms with Crippen molar-refractivity contribution in [1.29, 1.82) is 0 Å². The first-order chi connectivity index (χ1) is 7.10. The summed E-state index contributed by atoms with van der Waals surface area (Å²) in [5.74, 6) is 0.154. The molecule has 0 aromatic rings. The Labute approximate surface area is 95.8 Å². The van der Waals surface area contributed by atoms with Crippen LogP contribution in [0.4, 0.5) is 0 Å². The van der Waals surface area contributed by atoms with E-state index >= 15 is 0 Å². The van der Waals surface area contributed by atoms with Crippen molar-refractivity contribution in [3.8, 4) is 0 Å². The van der Waals surface area contributed by atoms with Gasteiger partial charge in [0.15, 0.2) is 0 Å². The highest BCUT2D eigenvalue weighted by Crippen LogP contribution is 2.27. The molecule has 0 aliphatic heterocycles. The van der Waals surface area contributed by atoms with Gasteiger partial charge in [0.25, 0.3) is 0 Å². The predicted molar refractivity (Wildman–Crippen MR) is 61.9 cm³/mol. The smallest absolute Gasteiger partial charge is 0.246 e. The summed E-state index contributed by atoms with van der Waals surface area (Å²) in [5, 5.41) is 2.62. The minimum atomic E-state index is -0.480. The van der Waals surface area contributed by atoms with Gasteiger partial charge in [-0.05, 0) is 19.8 Å². The monoisotopic (exact) mass is 230 g/mol. The van der Waals surface area contributed by atoms with E-state index < -0.39 is 6.04 Å². The van der Waals surface area contributed by atoms with Gasteiger partial charge < -0.3 is 10.2 Å². The van der Waals surface area contributed by atoms with Gasteiger partial charge in [0.2, 0.25) is 11.8 Å². The fourth-order valence-corrected chi connectivity index (χ4v) is 1.86. The van der Waals surface area contributed by atoms with Crippen LogP contribution in [0.5, 0.6) is 0 Å². The molecule has 0 aromatic heterocycles. The van der Waals surface area contributed by atoms with Gasteiger partial charge in [-0.2, -0.15) is 12.6 Å². The summed E-state index contributed by atoms with van der Waals surface area (Å²) in [6, 6.07) is -0.0926. The van der Waals surface area contributed by atoms with Crippen LogP contribution in [0.15, 0.2) is 0 Å². The maximum Gasteiger partial charge on any atom is 0.246 e. The van der Waals surface area contributed by atoms with Crippen LogP contribution in [-0.4, -0.2) is 41.1 Å². The van der Waals surface area contributed by atoms with Gasteiger partial charge in [-0.3, -0.25) is 9.59 Å². The molecular weight excluding hydrogens is 212 g/mol. The van der Waals surface area contributed by atoms with Crippen molar-refractivity contribution in [3.63, 3.8) is 0 Å². The average molecular weight is 230 g/mol. The quantitative estimate of drug-likeness (QED) is 0.673. The first-order valence-electron chi connectivity index (χ1n) is 5.28. The molecule has 1 N–H and O–H groups in total. The molecule has 0 spiro atoms. The largest absolute Gasteiger partial charge is 0.344 e. The highest BCUT2D eigenvalue weighted by molar-refractivity contribution is 7.80. The number of likely N-dealkylation sites (N-methyl/N-ethyl adjacent to an activating group) is 1. The maximum atomic E-state index is 12.0. The number of thiol groups is 1. The number of rotatable bonds is 5. The second kappa shape index (κ2) is 5.39. The number of hydrogen-bond donors (Lipinski definition) is 2. The fourth-order valence-electron chi connectivity index (χ4n) is 1.61. The Morgan fingerprint density at radius 3 is 2.47 bits per heavy atom. The number of hydrogen-bond acceptors (Lipinski definition) is 3. The first-order valence-corrected chi connectivity index (χ1v) is 5.91. The highest BCUT2D eigenvalue weighted by atomic mass is 32.1. The molecule has 0 heterocycles. The average Bonchev–Trinajstić information content (AvgIpc) is 2.99. The van der Waals surface area contributed by atoms with E-state index in [1.807, 2.05) is 11.8 Å². The van der Waals surface area contributed by atoms with Crippen molar-refractivity contribution in [2.45, 2.75) is 38.8 Å². The summed E-state index contributed by atoms with van der Waals surface area (Å²) >= 11 is 4.09. The Morgan fingerprint density at radius 2 is 2.13 bits per heavy atom. The van der Waals surface area contributed by atoms with Crippen LogP contribution in [0.25, 0.3) is 0 Å². The van der Waals surface area contributed by atoms with E-state index in [0.717, 1.165) is 12.8 Å². The summed E-state index contributed by atoms with van der Waals surface area (Å²) in [5.41, 5.74) is 0. The third kappa shape index (κ3) is 3.41. The van der Waals surface area contributed by atoms with Crippen molar-refractivity contribution in [2.75, 3.05) is 12.3 Å². The Kier molecular flexibility index (Phi) is 4.45. The van der Waals surface area contributed by atoms with Crippen molar-refractivity contribution < 1.29 is 9.59 Å². The zero-order valence-corrected chi connectivity index (χ0v) is 10.1. The number of carbonyl (C=O) groups excluding carboxylic acids is 2. The standard InChI is InChI=1S/C10H18N2O2S/c1-3-12(8-4-5-8)10(14)9(6-15)11-7(2)13/h8-9,15H,3-6H2,1-2H3,(H,11,13). The molecule has 0 bridgehead atoms. The summed E-state index contributed by atoms with van der Waals surface area (Å²) in [6.07, 6.45) is 2.16. The lowest BCUT2D eigenvalue weighted by molar-refractivity contribution is -0.135. The third-order valence-corrected chi connectivity index (χ3v) is 2.83. The van der Waals surface area contributed by atoms with Crippen LogP contribution in [0, 0.1) is 0 Å². The van der Waals surface area contributed by atoms with Crippen LogP contribution in [0.2, 0.25) is 0 Å². The number of nitrogens with one attached hydrogen (secondary N) is 1. The Balaban J connectivity index is 2.57. The van der Waals surface area contributed by atoms with Crippen LogP contribution in [0.1, 0.15) is 26.7 Å². The van der Waals surface area contributed by atoms with Gasteiger partial charge in [-0.25, -0.2) is 0 Å². The third-order valence-electron chi connectivity index (χ3n) is 2.47. The van der Waals surface area contributed by atoms with Gasteiger partial charge in [0.1, 0.15) is 6.04 Å². The van der Waals surface area contributed by atoms with Crippen LogP contribution in [0.3, 0.4) is 0 Å². The summed E-state index contributed by atoms with van der Waals surface area (Å²) < 4.78 is 0. The Hall–Kier alpha value is -0.710. The van der Waals surface area contributed by atoms with Gasteiger partial charge in [-0.1, -0.05) is 0 Å². The molecule has 1 rings (SSSR count). The minimum Gasteiger partial charge on any atom is -0.344 e. The van der Waals surface area contributed by atoms with Crippen molar-refractivity contribution in [1.82, 2.24) is 10.2 Å².